The number of carboxylic acids is 1. The van der Waals surface area contributed by atoms with Crippen LogP contribution < -0.4 is 5.32 Å². The quantitative estimate of drug-likeness (QED) is 0.647. The SMILES string of the molecule is COCCN1CC(C(=O)NC(C)CCC(=O)O)CC1=O. The third-order valence-corrected chi connectivity index (χ3v) is 3.33. The molecule has 1 rings (SSSR count). The van der Waals surface area contributed by atoms with Crippen LogP contribution in [0.3, 0.4) is 0 Å². The van der Waals surface area contributed by atoms with Crippen molar-refractivity contribution < 1.29 is 24.2 Å². The van der Waals surface area contributed by atoms with Gasteiger partial charge < -0.3 is 20.1 Å². The Labute approximate surface area is 118 Å². The van der Waals surface area contributed by atoms with Gasteiger partial charge in [0.15, 0.2) is 0 Å². The van der Waals surface area contributed by atoms with E-state index in [-0.39, 0.29) is 36.6 Å². The molecule has 7 nitrogen and oxygen atoms in total. The molecule has 1 saturated heterocycles. The maximum absolute atomic E-state index is 12.0. The number of nitrogens with one attached hydrogen (secondary N) is 1. The molecule has 0 aromatic heterocycles. The lowest BCUT2D eigenvalue weighted by Crippen LogP contribution is -2.38. The standard InChI is InChI=1S/C13H22N2O5/c1-9(3-4-12(17)18)14-13(19)10-7-11(16)15(8-10)5-6-20-2/h9-10H,3-8H2,1-2H3,(H,14,19)(H,17,18). The van der Waals surface area contributed by atoms with Gasteiger partial charge in [0, 0.05) is 39.1 Å². The Kier molecular flexibility index (Phi) is 6.44. The lowest BCUT2D eigenvalue weighted by molar-refractivity contribution is -0.137. The van der Waals surface area contributed by atoms with Crippen molar-refractivity contribution in [1.29, 1.82) is 0 Å². The predicted molar refractivity (Wildman–Crippen MR) is 71.0 cm³/mol. The molecule has 2 N–H and O–H groups in total. The molecule has 0 spiro atoms. The van der Waals surface area contributed by atoms with Crippen LogP contribution in [0.1, 0.15) is 26.2 Å². The Hall–Kier alpha value is -1.63. The van der Waals surface area contributed by atoms with E-state index in [1.807, 2.05) is 0 Å². The molecule has 2 unspecified atom stereocenters. The first kappa shape index (κ1) is 16.4. The Morgan fingerprint density at radius 2 is 2.25 bits per heavy atom. The first-order valence-corrected chi connectivity index (χ1v) is 6.73. The zero-order chi connectivity index (χ0) is 15.1. The van der Waals surface area contributed by atoms with Crippen molar-refractivity contribution in [3.05, 3.63) is 0 Å². The van der Waals surface area contributed by atoms with Crippen LogP contribution in [-0.2, 0) is 19.1 Å². The van der Waals surface area contributed by atoms with E-state index in [1.54, 1.807) is 18.9 Å². The molecule has 0 saturated carbocycles. The number of hydrogen-bond acceptors (Lipinski definition) is 4. The van der Waals surface area contributed by atoms with Gasteiger partial charge in [-0.15, -0.1) is 0 Å². The van der Waals surface area contributed by atoms with E-state index >= 15 is 0 Å². The summed E-state index contributed by atoms with van der Waals surface area (Å²) >= 11 is 0. The largest absolute Gasteiger partial charge is 0.481 e. The molecule has 1 aliphatic rings. The molecular formula is C13H22N2O5. The van der Waals surface area contributed by atoms with Crippen molar-refractivity contribution in [2.24, 2.45) is 5.92 Å². The summed E-state index contributed by atoms with van der Waals surface area (Å²) in [6.45, 7) is 3.11. The number of aliphatic carboxylic acids is 1. The van der Waals surface area contributed by atoms with Gasteiger partial charge in [0.2, 0.25) is 11.8 Å². The maximum Gasteiger partial charge on any atom is 0.303 e. The van der Waals surface area contributed by atoms with Crippen molar-refractivity contribution in [1.82, 2.24) is 10.2 Å². The molecule has 0 aromatic carbocycles. The van der Waals surface area contributed by atoms with Gasteiger partial charge in [0.05, 0.1) is 12.5 Å². The number of amides is 2. The van der Waals surface area contributed by atoms with Crippen LogP contribution in [0.4, 0.5) is 0 Å². The lowest BCUT2D eigenvalue weighted by Gasteiger charge is -2.17. The molecule has 0 aliphatic carbocycles. The van der Waals surface area contributed by atoms with Gasteiger partial charge in [0.25, 0.3) is 0 Å². The number of rotatable bonds is 8. The second kappa shape index (κ2) is 7.84. The van der Waals surface area contributed by atoms with Crippen LogP contribution in [0.5, 0.6) is 0 Å². The number of nitrogens with zero attached hydrogens (tertiary/aromatic N) is 1. The number of carbonyl (C=O) groups is 3. The summed E-state index contributed by atoms with van der Waals surface area (Å²) in [7, 11) is 1.56. The van der Waals surface area contributed by atoms with E-state index in [4.69, 9.17) is 9.84 Å². The number of ether oxygens (including phenoxy) is 1. The zero-order valence-electron chi connectivity index (χ0n) is 11.9. The zero-order valence-corrected chi connectivity index (χ0v) is 11.9. The second-order valence-corrected chi connectivity index (χ2v) is 5.08. The summed E-state index contributed by atoms with van der Waals surface area (Å²) in [6.07, 6.45) is 0.612. The highest BCUT2D eigenvalue weighted by molar-refractivity contribution is 5.89. The number of likely N-dealkylation sites (tertiary alicyclic amines) is 1. The van der Waals surface area contributed by atoms with Crippen molar-refractivity contribution in [2.45, 2.75) is 32.2 Å². The molecule has 1 fully saturated rings. The predicted octanol–water partition coefficient (Wildman–Crippen LogP) is -0.149. The van der Waals surface area contributed by atoms with E-state index in [0.717, 1.165) is 0 Å². The fraction of sp³-hybridized carbons (Fsp3) is 0.769. The highest BCUT2D eigenvalue weighted by atomic mass is 16.5. The number of carboxylic acid groups (broad SMARTS) is 1. The number of methoxy groups -OCH3 is 1. The first-order valence-electron chi connectivity index (χ1n) is 6.73. The first-order chi connectivity index (χ1) is 9.43. The van der Waals surface area contributed by atoms with Crippen molar-refractivity contribution >= 4 is 17.8 Å². The van der Waals surface area contributed by atoms with E-state index in [0.29, 0.717) is 26.1 Å². The molecule has 1 aliphatic heterocycles. The molecule has 1 heterocycles. The molecule has 0 radical (unpaired) electrons. The Morgan fingerprint density at radius 3 is 2.85 bits per heavy atom. The molecule has 20 heavy (non-hydrogen) atoms. The van der Waals surface area contributed by atoms with E-state index < -0.39 is 5.97 Å². The molecule has 0 aromatic rings. The third-order valence-electron chi connectivity index (χ3n) is 3.33. The van der Waals surface area contributed by atoms with Crippen LogP contribution in [0.25, 0.3) is 0 Å². The van der Waals surface area contributed by atoms with E-state index in [1.165, 1.54) is 0 Å². The summed E-state index contributed by atoms with van der Waals surface area (Å²) < 4.78 is 4.92. The van der Waals surface area contributed by atoms with Gasteiger partial charge >= 0.3 is 5.97 Å². The van der Waals surface area contributed by atoms with Gasteiger partial charge in [-0.2, -0.15) is 0 Å². The van der Waals surface area contributed by atoms with Gasteiger partial charge in [-0.1, -0.05) is 0 Å². The maximum atomic E-state index is 12.0. The van der Waals surface area contributed by atoms with Crippen LogP contribution in [-0.4, -0.2) is 60.6 Å². The molecular weight excluding hydrogens is 264 g/mol. The highest BCUT2D eigenvalue weighted by Crippen LogP contribution is 2.18. The van der Waals surface area contributed by atoms with Crippen molar-refractivity contribution in [3.8, 4) is 0 Å². The van der Waals surface area contributed by atoms with Crippen LogP contribution in [0.15, 0.2) is 0 Å². The summed E-state index contributed by atoms with van der Waals surface area (Å²) in [5.41, 5.74) is 0. The van der Waals surface area contributed by atoms with Crippen molar-refractivity contribution in [3.63, 3.8) is 0 Å². The molecule has 2 amide bonds. The Bertz CT molecular complexity index is 372. The third kappa shape index (κ3) is 5.16. The minimum absolute atomic E-state index is 0.0189. The van der Waals surface area contributed by atoms with Crippen LogP contribution in [0, 0.1) is 5.92 Å². The topological polar surface area (TPSA) is 95.9 Å². The van der Waals surface area contributed by atoms with Gasteiger partial charge in [-0.25, -0.2) is 0 Å². The van der Waals surface area contributed by atoms with Crippen LogP contribution >= 0.6 is 0 Å². The smallest absolute Gasteiger partial charge is 0.303 e. The van der Waals surface area contributed by atoms with Gasteiger partial charge in [0.1, 0.15) is 0 Å². The Balaban J connectivity index is 2.37. The van der Waals surface area contributed by atoms with Gasteiger partial charge in [-0.3, -0.25) is 14.4 Å². The normalized spacial score (nSPS) is 20.0. The summed E-state index contributed by atoms with van der Waals surface area (Å²) in [5.74, 6) is -1.46. The van der Waals surface area contributed by atoms with E-state index in [9.17, 15) is 14.4 Å². The summed E-state index contributed by atoms with van der Waals surface area (Å²) in [6, 6.07) is -0.207. The fourth-order valence-electron chi connectivity index (χ4n) is 2.14. The summed E-state index contributed by atoms with van der Waals surface area (Å²) in [5, 5.41) is 11.3. The fourth-order valence-corrected chi connectivity index (χ4v) is 2.14. The summed E-state index contributed by atoms with van der Waals surface area (Å²) in [4.78, 5) is 35.8. The minimum atomic E-state index is -0.882. The lowest BCUT2D eigenvalue weighted by atomic mass is 10.1. The number of carbonyl (C=O) groups excluding carboxylic acids is 2. The molecule has 114 valence electrons. The second-order valence-electron chi connectivity index (χ2n) is 5.08. The van der Waals surface area contributed by atoms with Crippen molar-refractivity contribution in [2.75, 3.05) is 26.8 Å². The van der Waals surface area contributed by atoms with E-state index in [2.05, 4.69) is 5.32 Å². The molecule has 7 heteroatoms. The Morgan fingerprint density at radius 1 is 1.55 bits per heavy atom. The molecule has 0 bridgehead atoms. The highest BCUT2D eigenvalue weighted by Gasteiger charge is 2.34. The van der Waals surface area contributed by atoms with Gasteiger partial charge in [-0.05, 0) is 13.3 Å². The molecule has 2 atom stereocenters. The minimum Gasteiger partial charge on any atom is -0.481 e. The number of hydrogen-bond donors (Lipinski definition) is 2. The van der Waals surface area contributed by atoms with Crippen LogP contribution in [0.2, 0.25) is 0 Å². The average molecular weight is 286 g/mol. The monoisotopic (exact) mass is 286 g/mol. The average Bonchev–Trinajstić information content (AvgIpc) is 2.75.